The van der Waals surface area contributed by atoms with Gasteiger partial charge in [0.15, 0.2) is 0 Å². The molecule has 1 heterocycles. The normalized spacial score (nSPS) is 14.9. The van der Waals surface area contributed by atoms with Crippen molar-refractivity contribution in [2.24, 2.45) is 0 Å². The molecule has 1 unspecified atom stereocenters. The van der Waals surface area contributed by atoms with Crippen molar-refractivity contribution in [3.05, 3.63) is 63.7 Å². The number of carbonyl (C=O) groups excluding carboxylic acids is 1. The van der Waals surface area contributed by atoms with Crippen LogP contribution in [0.15, 0.2) is 42.5 Å². The monoisotopic (exact) mass is 426 g/mol. The number of rotatable bonds is 8. The number of methoxy groups -OCH3 is 1. The van der Waals surface area contributed by atoms with E-state index in [-0.39, 0.29) is 17.6 Å². The number of anilines is 1. The fourth-order valence-corrected chi connectivity index (χ4v) is 3.93. The highest BCUT2D eigenvalue weighted by molar-refractivity contribution is 5.95. The van der Waals surface area contributed by atoms with Gasteiger partial charge < -0.3 is 19.9 Å². The lowest BCUT2D eigenvalue weighted by Crippen LogP contribution is -2.34. The molecule has 0 saturated carbocycles. The number of hydrogen-bond donors (Lipinski definition) is 1. The smallest absolute Gasteiger partial charge is 0.293 e. The number of nitrogens with one attached hydrogen (secondary N) is 1. The van der Waals surface area contributed by atoms with Crippen LogP contribution in [0.1, 0.15) is 41.2 Å². The van der Waals surface area contributed by atoms with Crippen LogP contribution in [0.2, 0.25) is 0 Å². The predicted molar refractivity (Wildman–Crippen MR) is 121 cm³/mol. The zero-order chi connectivity index (χ0) is 22.4. The van der Waals surface area contributed by atoms with Crippen LogP contribution >= 0.6 is 0 Å². The van der Waals surface area contributed by atoms with E-state index < -0.39 is 4.92 Å². The molecule has 1 aliphatic rings. The molecule has 1 amide bonds. The van der Waals surface area contributed by atoms with E-state index in [9.17, 15) is 14.9 Å². The Morgan fingerprint density at radius 1 is 1.16 bits per heavy atom. The molecular formula is C23H30N4O4. The predicted octanol–water partition coefficient (Wildman–Crippen LogP) is 3.63. The van der Waals surface area contributed by atoms with Crippen LogP contribution in [-0.2, 0) is 0 Å². The third-order valence-electron chi connectivity index (χ3n) is 5.71. The average molecular weight is 427 g/mol. The van der Waals surface area contributed by atoms with Crippen molar-refractivity contribution in [1.82, 2.24) is 10.2 Å². The fourth-order valence-electron chi connectivity index (χ4n) is 3.93. The quantitative estimate of drug-likeness (QED) is 0.512. The molecule has 31 heavy (non-hydrogen) atoms. The highest BCUT2D eigenvalue weighted by Crippen LogP contribution is 2.31. The molecule has 2 aromatic rings. The van der Waals surface area contributed by atoms with E-state index in [2.05, 4.69) is 5.32 Å². The number of nitro groups is 1. The number of amides is 1. The van der Waals surface area contributed by atoms with Crippen molar-refractivity contribution < 1.29 is 14.5 Å². The van der Waals surface area contributed by atoms with Gasteiger partial charge in [-0.05, 0) is 63.2 Å². The standard InChI is InChI=1S/C23H30N4O4/c1-25(2)22(17-7-10-19(31-3)11-8-17)16-24-23(28)18-9-12-20(21(15-18)27(29)30)26-13-5-4-6-14-26/h7-12,15,22H,4-6,13-14,16H2,1-3H3,(H,24,28). The lowest BCUT2D eigenvalue weighted by molar-refractivity contribution is -0.384. The maximum Gasteiger partial charge on any atom is 0.293 e. The highest BCUT2D eigenvalue weighted by atomic mass is 16.6. The van der Waals surface area contributed by atoms with Crippen molar-refractivity contribution >= 4 is 17.3 Å². The Labute approximate surface area is 182 Å². The number of piperidine rings is 1. The summed E-state index contributed by atoms with van der Waals surface area (Å²) in [5.41, 5.74) is 1.90. The van der Waals surface area contributed by atoms with Crippen molar-refractivity contribution in [1.29, 1.82) is 0 Å². The topological polar surface area (TPSA) is 87.9 Å². The number of hydrogen-bond acceptors (Lipinski definition) is 6. The summed E-state index contributed by atoms with van der Waals surface area (Å²) >= 11 is 0. The molecule has 0 radical (unpaired) electrons. The van der Waals surface area contributed by atoms with Crippen LogP contribution in [0.5, 0.6) is 5.75 Å². The van der Waals surface area contributed by atoms with Crippen molar-refractivity contribution in [3.63, 3.8) is 0 Å². The first-order valence-electron chi connectivity index (χ1n) is 10.5. The summed E-state index contributed by atoms with van der Waals surface area (Å²) in [7, 11) is 5.51. The molecule has 1 fully saturated rings. The van der Waals surface area contributed by atoms with E-state index in [1.165, 1.54) is 6.07 Å². The van der Waals surface area contributed by atoms with Gasteiger partial charge in [0.2, 0.25) is 0 Å². The third-order valence-corrected chi connectivity index (χ3v) is 5.71. The van der Waals surface area contributed by atoms with Crippen LogP contribution in [0.4, 0.5) is 11.4 Å². The molecule has 1 atom stereocenters. The number of nitro benzene ring substituents is 1. The van der Waals surface area contributed by atoms with E-state index in [0.717, 1.165) is 43.7 Å². The summed E-state index contributed by atoms with van der Waals surface area (Å²) in [6, 6.07) is 12.4. The van der Waals surface area contributed by atoms with Gasteiger partial charge in [0.25, 0.3) is 11.6 Å². The third kappa shape index (κ3) is 5.52. The molecule has 3 rings (SSSR count). The van der Waals surface area contributed by atoms with E-state index in [1.807, 2.05) is 48.2 Å². The molecule has 8 nitrogen and oxygen atoms in total. The number of benzene rings is 2. The Kier molecular flexibility index (Phi) is 7.46. The number of carbonyl (C=O) groups is 1. The van der Waals surface area contributed by atoms with Crippen molar-refractivity contribution in [3.8, 4) is 5.75 Å². The van der Waals surface area contributed by atoms with E-state index in [0.29, 0.717) is 17.8 Å². The van der Waals surface area contributed by atoms with Gasteiger partial charge in [-0.1, -0.05) is 12.1 Å². The fraction of sp³-hybridized carbons (Fsp3) is 0.435. The summed E-state index contributed by atoms with van der Waals surface area (Å²) in [6.45, 7) is 1.98. The Balaban J connectivity index is 1.73. The molecule has 0 bridgehead atoms. The summed E-state index contributed by atoms with van der Waals surface area (Å²) < 4.78 is 5.21. The lowest BCUT2D eigenvalue weighted by atomic mass is 10.0. The molecule has 2 aromatic carbocycles. The molecule has 0 aliphatic carbocycles. The summed E-state index contributed by atoms with van der Waals surface area (Å²) in [5, 5.41) is 14.6. The second-order valence-corrected chi connectivity index (χ2v) is 7.97. The first kappa shape index (κ1) is 22.6. The average Bonchev–Trinajstić information content (AvgIpc) is 2.79. The van der Waals surface area contributed by atoms with E-state index in [4.69, 9.17) is 4.74 Å². The highest BCUT2D eigenvalue weighted by Gasteiger charge is 2.23. The lowest BCUT2D eigenvalue weighted by Gasteiger charge is -2.28. The van der Waals surface area contributed by atoms with Gasteiger partial charge in [0, 0.05) is 31.3 Å². The Bertz CT molecular complexity index is 908. The van der Waals surface area contributed by atoms with E-state index >= 15 is 0 Å². The maximum absolute atomic E-state index is 12.8. The zero-order valence-electron chi connectivity index (χ0n) is 18.3. The van der Waals surface area contributed by atoms with Crippen molar-refractivity contribution in [2.75, 3.05) is 45.7 Å². The van der Waals surface area contributed by atoms with Crippen LogP contribution in [0.3, 0.4) is 0 Å². The van der Waals surface area contributed by atoms with Gasteiger partial charge in [0.05, 0.1) is 18.1 Å². The minimum absolute atomic E-state index is 0.0196. The molecule has 0 aromatic heterocycles. The second-order valence-electron chi connectivity index (χ2n) is 7.97. The summed E-state index contributed by atoms with van der Waals surface area (Å²) in [5.74, 6) is 0.444. The maximum atomic E-state index is 12.8. The first-order valence-corrected chi connectivity index (χ1v) is 10.5. The van der Waals surface area contributed by atoms with Gasteiger partial charge in [-0.3, -0.25) is 14.9 Å². The van der Waals surface area contributed by atoms with Crippen LogP contribution in [0.25, 0.3) is 0 Å². The largest absolute Gasteiger partial charge is 0.497 e. The molecule has 8 heteroatoms. The zero-order valence-corrected chi connectivity index (χ0v) is 18.3. The number of likely N-dealkylation sites (N-methyl/N-ethyl adjacent to an activating group) is 1. The van der Waals surface area contributed by atoms with Gasteiger partial charge >= 0.3 is 0 Å². The van der Waals surface area contributed by atoms with E-state index in [1.54, 1.807) is 19.2 Å². The molecule has 1 saturated heterocycles. The van der Waals surface area contributed by atoms with Gasteiger partial charge in [-0.25, -0.2) is 0 Å². The number of nitrogens with zero attached hydrogens (tertiary/aromatic N) is 3. The Hall–Kier alpha value is -3.13. The summed E-state index contributed by atoms with van der Waals surface area (Å²) in [6.07, 6.45) is 3.19. The molecule has 166 valence electrons. The first-order chi connectivity index (χ1) is 14.9. The Morgan fingerprint density at radius 2 is 1.84 bits per heavy atom. The van der Waals surface area contributed by atoms with Crippen LogP contribution < -0.4 is 15.0 Å². The minimum atomic E-state index is -0.402. The van der Waals surface area contributed by atoms with Crippen LogP contribution in [0, 0.1) is 10.1 Å². The van der Waals surface area contributed by atoms with Gasteiger partial charge in [-0.15, -0.1) is 0 Å². The molecular weight excluding hydrogens is 396 g/mol. The Morgan fingerprint density at radius 3 is 2.42 bits per heavy atom. The van der Waals surface area contributed by atoms with Crippen LogP contribution in [-0.4, -0.2) is 56.6 Å². The minimum Gasteiger partial charge on any atom is -0.497 e. The molecule has 1 aliphatic heterocycles. The SMILES string of the molecule is COc1ccc(C(CNC(=O)c2ccc(N3CCCCC3)c([N+](=O)[O-])c2)N(C)C)cc1. The van der Waals surface area contributed by atoms with Crippen molar-refractivity contribution in [2.45, 2.75) is 25.3 Å². The second kappa shape index (κ2) is 10.3. The number of ether oxygens (including phenoxy) is 1. The molecule has 1 N–H and O–H groups in total. The summed E-state index contributed by atoms with van der Waals surface area (Å²) in [4.78, 5) is 28.1. The molecule has 0 spiro atoms. The van der Waals surface area contributed by atoms with Gasteiger partial charge in [-0.2, -0.15) is 0 Å². The van der Waals surface area contributed by atoms with Gasteiger partial charge in [0.1, 0.15) is 11.4 Å².